The van der Waals surface area contributed by atoms with Gasteiger partial charge in [-0.1, -0.05) is 36.7 Å². The highest BCUT2D eigenvalue weighted by atomic mass is 35.5. The summed E-state index contributed by atoms with van der Waals surface area (Å²) >= 11 is 6.40. The van der Waals surface area contributed by atoms with E-state index in [0.29, 0.717) is 35.4 Å². The van der Waals surface area contributed by atoms with Gasteiger partial charge in [0.2, 0.25) is 0 Å². The second kappa shape index (κ2) is 12.3. The zero-order valence-corrected chi connectivity index (χ0v) is 27.7. The van der Waals surface area contributed by atoms with E-state index < -0.39 is 15.8 Å². The van der Waals surface area contributed by atoms with Crippen LogP contribution in [0.1, 0.15) is 60.5 Å². The van der Waals surface area contributed by atoms with Crippen molar-refractivity contribution in [3.05, 3.63) is 82.8 Å². The first-order valence-electron chi connectivity index (χ1n) is 15.9. The summed E-state index contributed by atoms with van der Waals surface area (Å²) in [5.41, 5.74) is 4.07. The number of carbonyl (C=O) groups excluding carboxylic acids is 1. The third kappa shape index (κ3) is 6.10. The molecule has 0 saturated heterocycles. The maximum atomic E-state index is 14.5. The Morgan fingerprint density at radius 2 is 2.02 bits per heavy atom. The molecule has 2 aliphatic heterocycles. The summed E-state index contributed by atoms with van der Waals surface area (Å²) in [6, 6.07) is 11.7. The number of nitrogens with one attached hydrogen (secondary N) is 1. The number of ether oxygens (including phenoxy) is 1. The fourth-order valence-corrected chi connectivity index (χ4v) is 9.20. The van der Waals surface area contributed by atoms with Crippen molar-refractivity contribution >= 4 is 50.0 Å². The maximum absolute atomic E-state index is 14.5. The molecule has 2 bridgehead atoms. The van der Waals surface area contributed by atoms with E-state index in [1.807, 2.05) is 25.1 Å². The molecule has 0 radical (unpaired) electrons. The van der Waals surface area contributed by atoms with Gasteiger partial charge in [0, 0.05) is 42.3 Å². The molecule has 4 heterocycles. The van der Waals surface area contributed by atoms with E-state index in [1.54, 1.807) is 24.0 Å². The van der Waals surface area contributed by atoms with Gasteiger partial charge in [-0.15, -0.1) is 4.36 Å². The molecule has 46 heavy (non-hydrogen) atoms. The van der Waals surface area contributed by atoms with Crippen molar-refractivity contribution in [3.63, 3.8) is 0 Å². The number of nitrogens with zero attached hydrogens (tertiary/aromatic N) is 6. The number of aromatic nitrogens is 4. The van der Waals surface area contributed by atoms with E-state index in [4.69, 9.17) is 16.3 Å². The number of hydrogen-bond acceptors (Lipinski definition) is 7. The summed E-state index contributed by atoms with van der Waals surface area (Å²) in [7, 11) is -1.50. The number of allylic oxidation sites excluding steroid dienone is 2. The van der Waals surface area contributed by atoms with E-state index in [2.05, 4.69) is 53.3 Å². The molecular weight excluding hydrogens is 622 g/mol. The van der Waals surface area contributed by atoms with E-state index in [1.165, 1.54) is 17.5 Å². The first kappa shape index (κ1) is 30.7. The van der Waals surface area contributed by atoms with Crippen LogP contribution >= 0.6 is 11.6 Å². The number of benzene rings is 2. The summed E-state index contributed by atoms with van der Waals surface area (Å²) < 4.78 is 30.2. The van der Waals surface area contributed by atoms with Crippen LogP contribution < -0.4 is 14.4 Å². The molecule has 3 atom stereocenters. The normalized spacial score (nSPS) is 25.8. The zero-order chi connectivity index (χ0) is 31.9. The van der Waals surface area contributed by atoms with Gasteiger partial charge in [-0.3, -0.25) is 14.2 Å². The minimum absolute atomic E-state index is 0.00248. The Morgan fingerprint density at radius 3 is 2.91 bits per heavy atom. The molecule has 10 nitrogen and oxygen atoms in total. The number of amides is 1. The lowest BCUT2D eigenvalue weighted by atomic mass is 9.70. The van der Waals surface area contributed by atoms with Crippen LogP contribution in [0.15, 0.2) is 65.4 Å². The molecule has 0 fully saturated rings. The van der Waals surface area contributed by atoms with Gasteiger partial charge in [-0.05, 0) is 85.9 Å². The van der Waals surface area contributed by atoms with Crippen LogP contribution in [-0.2, 0) is 28.8 Å². The number of fused-ring (bicyclic) bond motifs is 4. The maximum Gasteiger partial charge on any atom is 0.286 e. The Labute approximate surface area is 274 Å². The Morgan fingerprint density at radius 1 is 1.13 bits per heavy atom. The molecule has 7 rings (SSSR count). The van der Waals surface area contributed by atoms with Crippen molar-refractivity contribution in [1.82, 2.24) is 19.7 Å². The number of rotatable bonds is 2. The number of carbonyl (C=O) groups is 1. The van der Waals surface area contributed by atoms with E-state index in [-0.39, 0.29) is 17.1 Å². The Bertz CT molecular complexity index is 1970. The molecule has 1 amide bonds. The van der Waals surface area contributed by atoms with E-state index in [0.717, 1.165) is 61.7 Å². The fourth-order valence-electron chi connectivity index (χ4n) is 7.05. The summed E-state index contributed by atoms with van der Waals surface area (Å²) in [6.45, 7) is 4.14. The average molecular weight is 660 g/mol. The highest BCUT2D eigenvalue weighted by molar-refractivity contribution is 7.95. The smallest absolute Gasteiger partial charge is 0.286 e. The molecule has 1 aliphatic carbocycles. The van der Waals surface area contributed by atoms with Crippen molar-refractivity contribution in [3.8, 4) is 5.75 Å². The van der Waals surface area contributed by atoms with E-state index in [9.17, 15) is 9.00 Å². The van der Waals surface area contributed by atoms with Crippen molar-refractivity contribution in [2.75, 3.05) is 35.1 Å². The van der Waals surface area contributed by atoms with Crippen LogP contribution in [0.5, 0.6) is 5.75 Å². The second-order valence-corrected chi connectivity index (χ2v) is 15.3. The highest BCUT2D eigenvalue weighted by Crippen LogP contribution is 2.44. The first-order valence-corrected chi connectivity index (χ1v) is 17.9. The van der Waals surface area contributed by atoms with Gasteiger partial charge in [-0.25, -0.2) is 14.2 Å². The van der Waals surface area contributed by atoms with Crippen LogP contribution in [0, 0.1) is 5.92 Å². The van der Waals surface area contributed by atoms with Crippen molar-refractivity contribution in [2.45, 2.75) is 50.9 Å². The molecule has 240 valence electrons. The van der Waals surface area contributed by atoms with Crippen LogP contribution in [0.3, 0.4) is 0 Å². The van der Waals surface area contributed by atoms with Gasteiger partial charge < -0.3 is 9.64 Å². The van der Waals surface area contributed by atoms with Crippen LogP contribution in [0.2, 0.25) is 5.02 Å². The average Bonchev–Trinajstić information content (AvgIpc) is 3.34. The lowest BCUT2D eigenvalue weighted by molar-refractivity contribution is 0.100. The van der Waals surface area contributed by atoms with Gasteiger partial charge in [0.15, 0.2) is 11.5 Å². The SMILES string of the molecule is C[C@H]1C/C=C\CCCN2C[C@@]3(CCCc4cc(Cl)ccc43)COc3ccc(cc32)C(=O)N=S(=O)(Nc2ncnc3nn(C)cc23)C1. The molecule has 2 aromatic heterocycles. The van der Waals surface area contributed by atoms with Gasteiger partial charge in [0.25, 0.3) is 5.91 Å². The zero-order valence-electron chi connectivity index (χ0n) is 26.1. The molecule has 3 aliphatic rings. The fraction of sp³-hybridized carbons (Fsp3) is 0.412. The van der Waals surface area contributed by atoms with Crippen LogP contribution in [-0.4, -0.2) is 55.3 Å². The van der Waals surface area contributed by atoms with E-state index >= 15 is 0 Å². The third-order valence-electron chi connectivity index (χ3n) is 9.22. The number of halogens is 1. The minimum Gasteiger partial charge on any atom is -0.490 e. The predicted molar refractivity (Wildman–Crippen MR) is 182 cm³/mol. The molecular formula is C34H38ClN7O3S. The Kier molecular flexibility index (Phi) is 8.23. The second-order valence-electron chi connectivity index (χ2n) is 12.9. The third-order valence-corrected chi connectivity index (χ3v) is 11.4. The molecule has 12 heteroatoms. The molecule has 1 spiro atoms. The Hall–Kier alpha value is -3.96. The summed E-state index contributed by atoms with van der Waals surface area (Å²) in [6.07, 6.45) is 13.1. The minimum atomic E-state index is -3.29. The lowest BCUT2D eigenvalue weighted by Crippen LogP contribution is -2.46. The van der Waals surface area contributed by atoms with Gasteiger partial charge >= 0.3 is 0 Å². The molecule has 1 unspecified atom stereocenters. The molecule has 0 saturated carbocycles. The van der Waals surface area contributed by atoms with Crippen molar-refractivity contribution in [1.29, 1.82) is 0 Å². The molecule has 4 aromatic rings. The lowest BCUT2D eigenvalue weighted by Gasteiger charge is -2.40. The molecule has 1 N–H and O–H groups in total. The number of aryl methyl sites for hydroxylation is 2. The number of anilines is 2. The van der Waals surface area contributed by atoms with Crippen LogP contribution in [0.25, 0.3) is 11.0 Å². The van der Waals surface area contributed by atoms with Crippen molar-refractivity contribution < 1.29 is 13.7 Å². The predicted octanol–water partition coefficient (Wildman–Crippen LogP) is 6.50. The van der Waals surface area contributed by atoms with Gasteiger partial charge in [0.1, 0.15) is 22.0 Å². The summed E-state index contributed by atoms with van der Waals surface area (Å²) in [4.78, 5) is 24.8. The quantitative estimate of drug-likeness (QED) is 0.244. The van der Waals surface area contributed by atoms with Crippen molar-refractivity contribution in [2.24, 2.45) is 17.3 Å². The standard InChI is InChI=1S/C34H38ClN7O3S/c1-23-8-5-3-4-6-15-42-20-34(14-7-9-24-16-26(35)11-12-28(24)34)21-45-30-13-10-25(17-29(30)42)33(43)40-46(44,19-23)39-32-27-18-41(2)38-31(27)36-22-37-32/h3,5,10-13,16-18,22-23H,4,6-9,14-15,19-21H2,1-2H3,(H,36,37,38,39,40,43,44)/b5-3-/t23-,34-,46?/m0/s1. The van der Waals surface area contributed by atoms with Crippen LogP contribution in [0.4, 0.5) is 11.5 Å². The monoisotopic (exact) mass is 659 g/mol. The summed E-state index contributed by atoms with van der Waals surface area (Å²) in [5, 5.41) is 5.70. The first-order chi connectivity index (χ1) is 22.2. The number of hydrogen-bond donors (Lipinski definition) is 1. The highest BCUT2D eigenvalue weighted by Gasteiger charge is 2.41. The molecule has 2 aromatic carbocycles. The van der Waals surface area contributed by atoms with Gasteiger partial charge in [-0.2, -0.15) is 5.10 Å². The van der Waals surface area contributed by atoms with Gasteiger partial charge in [0.05, 0.1) is 23.4 Å². The summed E-state index contributed by atoms with van der Waals surface area (Å²) in [5.74, 6) is 0.687. The topological polar surface area (TPSA) is 115 Å². The Balaban J connectivity index is 1.28. The largest absolute Gasteiger partial charge is 0.490 e.